The molecule has 1 aromatic carbocycles. The minimum atomic E-state index is -0.762. The van der Waals surface area contributed by atoms with E-state index in [1.807, 2.05) is 30.3 Å². The van der Waals surface area contributed by atoms with Gasteiger partial charge in [0.25, 0.3) is 5.91 Å². The Morgan fingerprint density at radius 2 is 2.05 bits per heavy atom. The molecule has 0 aromatic heterocycles. The van der Waals surface area contributed by atoms with E-state index in [1.165, 1.54) is 0 Å². The smallest absolute Gasteiger partial charge is 0.417 e. The number of ether oxygens (including phenoxy) is 1. The molecule has 1 atom stereocenters. The maximum absolute atomic E-state index is 12.3. The van der Waals surface area contributed by atoms with E-state index in [9.17, 15) is 9.59 Å². The van der Waals surface area contributed by atoms with Gasteiger partial charge in [-0.15, -0.1) is 0 Å². The van der Waals surface area contributed by atoms with Gasteiger partial charge in [0.2, 0.25) is 6.10 Å². The molecule has 6 nitrogen and oxygen atoms in total. The topological polar surface area (TPSA) is 68.2 Å². The first-order valence-electron chi connectivity index (χ1n) is 6.79. The van der Waals surface area contributed by atoms with E-state index in [1.54, 1.807) is 13.8 Å². The van der Waals surface area contributed by atoms with Crippen LogP contribution in [0.5, 0.6) is 0 Å². The quantitative estimate of drug-likeness (QED) is 0.834. The van der Waals surface area contributed by atoms with E-state index in [0.29, 0.717) is 12.1 Å². The summed E-state index contributed by atoms with van der Waals surface area (Å²) in [5.74, 6) is -0.403. The summed E-state index contributed by atoms with van der Waals surface area (Å²) in [4.78, 5) is 30.4. The van der Waals surface area contributed by atoms with Gasteiger partial charge in [0.05, 0.1) is 12.3 Å². The number of nitrogens with zero attached hydrogens (tertiary/aromatic N) is 2. The van der Waals surface area contributed by atoms with Crippen molar-refractivity contribution < 1.29 is 19.2 Å². The first kappa shape index (κ1) is 13.6. The lowest BCUT2D eigenvalue weighted by molar-refractivity contribution is -0.138. The Morgan fingerprint density at radius 1 is 1.33 bits per heavy atom. The normalized spacial score (nSPS) is 23.5. The maximum atomic E-state index is 12.3. The Morgan fingerprint density at radius 3 is 2.67 bits per heavy atom. The van der Waals surface area contributed by atoms with E-state index in [0.717, 1.165) is 10.5 Å². The number of rotatable bonds is 2. The lowest BCUT2D eigenvalue weighted by Gasteiger charge is -2.16. The number of carbonyl (C=O) groups excluding carboxylic acids is 2. The van der Waals surface area contributed by atoms with Crippen molar-refractivity contribution >= 4 is 17.7 Å². The second kappa shape index (κ2) is 4.87. The Hall–Kier alpha value is -2.37. The van der Waals surface area contributed by atoms with Gasteiger partial charge in [-0.2, -0.15) is 0 Å². The summed E-state index contributed by atoms with van der Waals surface area (Å²) in [5.41, 5.74) is 0.965. The molecule has 2 aliphatic heterocycles. The van der Waals surface area contributed by atoms with Crippen molar-refractivity contribution in [2.45, 2.75) is 32.0 Å². The van der Waals surface area contributed by atoms with Gasteiger partial charge in [-0.25, -0.2) is 9.69 Å². The fourth-order valence-corrected chi connectivity index (χ4v) is 2.42. The van der Waals surface area contributed by atoms with Gasteiger partial charge >= 0.3 is 6.09 Å². The third-order valence-corrected chi connectivity index (χ3v) is 3.44. The first-order chi connectivity index (χ1) is 9.96. The van der Waals surface area contributed by atoms with E-state index < -0.39 is 23.7 Å². The molecule has 0 unspecified atom stereocenters. The molecule has 1 aromatic rings. The van der Waals surface area contributed by atoms with Crippen molar-refractivity contribution in [3.63, 3.8) is 0 Å². The molecule has 0 bridgehead atoms. The molecule has 1 saturated heterocycles. The monoisotopic (exact) mass is 288 g/mol. The van der Waals surface area contributed by atoms with Gasteiger partial charge < -0.3 is 9.57 Å². The lowest BCUT2D eigenvalue weighted by atomic mass is 10.0. The van der Waals surface area contributed by atoms with Crippen LogP contribution in [0.25, 0.3) is 0 Å². The summed E-state index contributed by atoms with van der Waals surface area (Å²) in [6.45, 7) is 3.75. The zero-order valence-electron chi connectivity index (χ0n) is 11.9. The summed E-state index contributed by atoms with van der Waals surface area (Å²) in [5, 5.41) is 3.96. The maximum Gasteiger partial charge on any atom is 0.417 e. The standard InChI is InChI=1S/C15H16N2O4/c1-15(2)9-17(14(19)20-15)13(18)12-8-11(16-21-12)10-6-4-3-5-7-10/h3-7,12H,8-9H2,1-2H3/t12-/m0/s1. The van der Waals surface area contributed by atoms with Crippen molar-refractivity contribution in [2.75, 3.05) is 6.54 Å². The predicted octanol–water partition coefficient (Wildman–Crippen LogP) is 1.94. The fraction of sp³-hybridized carbons (Fsp3) is 0.400. The van der Waals surface area contributed by atoms with Gasteiger partial charge in [0.1, 0.15) is 5.60 Å². The fourth-order valence-electron chi connectivity index (χ4n) is 2.42. The second-order valence-corrected chi connectivity index (χ2v) is 5.75. The largest absolute Gasteiger partial charge is 0.441 e. The number of carbonyl (C=O) groups is 2. The van der Waals surface area contributed by atoms with Gasteiger partial charge in [-0.1, -0.05) is 35.5 Å². The summed E-state index contributed by atoms with van der Waals surface area (Å²) < 4.78 is 5.13. The summed E-state index contributed by atoms with van der Waals surface area (Å²) in [6.07, 6.45) is -1.03. The van der Waals surface area contributed by atoms with E-state index in [2.05, 4.69) is 5.16 Å². The van der Waals surface area contributed by atoms with Crippen LogP contribution in [0.4, 0.5) is 4.79 Å². The average molecular weight is 288 g/mol. The molecule has 2 amide bonds. The summed E-state index contributed by atoms with van der Waals surface area (Å²) >= 11 is 0. The van der Waals surface area contributed by atoms with Crippen LogP contribution in [0, 0.1) is 0 Å². The second-order valence-electron chi connectivity index (χ2n) is 5.75. The minimum absolute atomic E-state index is 0.227. The molecule has 0 N–H and O–H groups in total. The first-order valence-corrected chi connectivity index (χ1v) is 6.79. The van der Waals surface area contributed by atoms with Crippen molar-refractivity contribution in [3.05, 3.63) is 35.9 Å². The predicted molar refractivity (Wildman–Crippen MR) is 74.7 cm³/mol. The Labute approximate surface area is 122 Å². The molecule has 2 heterocycles. The van der Waals surface area contributed by atoms with Gasteiger partial charge in [0.15, 0.2) is 0 Å². The highest BCUT2D eigenvalue weighted by Crippen LogP contribution is 2.25. The SMILES string of the molecule is CC1(C)CN(C(=O)[C@@H]2CC(c3ccccc3)=NO2)C(=O)O1. The molecule has 110 valence electrons. The van der Waals surface area contributed by atoms with Crippen LogP contribution in [-0.4, -0.2) is 40.9 Å². The van der Waals surface area contributed by atoms with Crippen LogP contribution in [-0.2, 0) is 14.4 Å². The van der Waals surface area contributed by atoms with E-state index >= 15 is 0 Å². The molecule has 6 heteroatoms. The average Bonchev–Trinajstić information content (AvgIpc) is 3.03. The number of imide groups is 1. The minimum Gasteiger partial charge on any atom is -0.441 e. The Kier molecular flexibility index (Phi) is 3.16. The summed E-state index contributed by atoms with van der Waals surface area (Å²) in [6, 6.07) is 9.51. The van der Waals surface area contributed by atoms with Gasteiger partial charge in [-0.05, 0) is 19.4 Å². The highest BCUT2D eigenvalue weighted by molar-refractivity contribution is 6.05. The number of hydrogen-bond donors (Lipinski definition) is 0. The number of oxime groups is 1. The number of amides is 2. The molecule has 2 aliphatic rings. The lowest BCUT2D eigenvalue weighted by Crippen LogP contribution is -2.41. The highest BCUT2D eigenvalue weighted by Gasteiger charge is 2.45. The Bertz CT molecular complexity index is 609. The van der Waals surface area contributed by atoms with Crippen molar-refractivity contribution in [2.24, 2.45) is 5.16 Å². The molecule has 0 radical (unpaired) electrons. The number of cyclic esters (lactones) is 1. The molecular weight excluding hydrogens is 272 g/mol. The zero-order chi connectivity index (χ0) is 15.0. The zero-order valence-corrected chi connectivity index (χ0v) is 11.9. The summed E-state index contributed by atoms with van der Waals surface area (Å²) in [7, 11) is 0. The van der Waals surface area contributed by atoms with Crippen LogP contribution in [0.3, 0.4) is 0 Å². The van der Waals surface area contributed by atoms with Crippen LogP contribution in [0.2, 0.25) is 0 Å². The molecule has 1 fully saturated rings. The van der Waals surface area contributed by atoms with Crippen LogP contribution < -0.4 is 0 Å². The van der Waals surface area contributed by atoms with Crippen LogP contribution in [0.15, 0.2) is 35.5 Å². The van der Waals surface area contributed by atoms with E-state index in [4.69, 9.17) is 9.57 Å². The third-order valence-electron chi connectivity index (χ3n) is 3.44. The molecule has 0 saturated carbocycles. The van der Waals surface area contributed by atoms with Crippen LogP contribution >= 0.6 is 0 Å². The van der Waals surface area contributed by atoms with Gasteiger partial charge in [0, 0.05) is 6.42 Å². The molecular formula is C15H16N2O4. The molecule has 0 aliphatic carbocycles. The van der Waals surface area contributed by atoms with Crippen molar-refractivity contribution in [1.82, 2.24) is 4.90 Å². The van der Waals surface area contributed by atoms with Crippen LogP contribution in [0.1, 0.15) is 25.8 Å². The van der Waals surface area contributed by atoms with Crippen molar-refractivity contribution in [1.29, 1.82) is 0 Å². The van der Waals surface area contributed by atoms with E-state index in [-0.39, 0.29) is 6.54 Å². The number of hydrogen-bond acceptors (Lipinski definition) is 5. The highest BCUT2D eigenvalue weighted by atomic mass is 16.6. The van der Waals surface area contributed by atoms with Gasteiger partial charge in [-0.3, -0.25) is 4.79 Å². The third kappa shape index (κ3) is 2.61. The molecule has 21 heavy (non-hydrogen) atoms. The Balaban J connectivity index is 1.68. The number of benzene rings is 1. The van der Waals surface area contributed by atoms with Crippen molar-refractivity contribution in [3.8, 4) is 0 Å². The molecule has 3 rings (SSSR count). The molecule has 0 spiro atoms.